The van der Waals surface area contributed by atoms with Crippen molar-refractivity contribution in [2.24, 2.45) is 0 Å². The normalized spacial score (nSPS) is 16.2. The Morgan fingerprint density at radius 1 is 0.804 bits per heavy atom. The molecule has 5 aromatic rings. The molecule has 2 aliphatic rings. The molecular formula is C37H34ClF3N2O2S. The summed E-state index contributed by atoms with van der Waals surface area (Å²) in [6.45, 7) is 2.22. The zero-order valence-electron chi connectivity index (χ0n) is 25.3. The zero-order chi connectivity index (χ0) is 31.4. The lowest BCUT2D eigenvalue weighted by atomic mass is 9.73. The van der Waals surface area contributed by atoms with Crippen LogP contribution in [0.4, 0.5) is 18.9 Å². The van der Waals surface area contributed by atoms with Crippen molar-refractivity contribution in [3.05, 3.63) is 120 Å². The Bertz CT molecular complexity index is 2010. The van der Waals surface area contributed by atoms with Gasteiger partial charge in [0.05, 0.1) is 10.5 Å². The number of halogens is 4. The lowest BCUT2D eigenvalue weighted by Crippen LogP contribution is -2.43. The number of fused-ring (bicyclic) bond motifs is 3. The van der Waals surface area contributed by atoms with E-state index >= 15 is 0 Å². The molecule has 0 aromatic heterocycles. The molecule has 9 heteroatoms. The van der Waals surface area contributed by atoms with Gasteiger partial charge < -0.3 is 5.32 Å². The minimum absolute atomic E-state index is 0. The van der Waals surface area contributed by atoms with Gasteiger partial charge in [0.15, 0.2) is 9.84 Å². The standard InChI is InChI=1S/C37H33F3N2O2S.ClH/c1-45(43,44)30-15-13-29(33(22-30)37(38,39)40)23-42-19-17-36(18-20-42)24-41-35-16-14-28(21-34(35)36)25-9-11-27(12-10-25)32-8-4-6-26-5-2-3-7-31(26)32;/h2-16,21-22,41H,17-20,23-24H2,1H3;1H. The molecule has 5 aromatic carbocycles. The van der Waals surface area contributed by atoms with Gasteiger partial charge in [-0.05, 0) is 94.3 Å². The molecule has 0 unspecified atom stereocenters. The fourth-order valence-corrected chi connectivity index (χ4v) is 7.66. The summed E-state index contributed by atoms with van der Waals surface area (Å²) in [5, 5.41) is 6.02. The maximum absolute atomic E-state index is 13.9. The van der Waals surface area contributed by atoms with E-state index in [1.54, 1.807) is 0 Å². The Morgan fingerprint density at radius 3 is 2.20 bits per heavy atom. The molecule has 0 atom stereocenters. The molecule has 0 amide bonds. The molecule has 0 saturated carbocycles. The van der Waals surface area contributed by atoms with Gasteiger partial charge >= 0.3 is 6.18 Å². The van der Waals surface area contributed by atoms with Gasteiger partial charge in [0.2, 0.25) is 0 Å². The van der Waals surface area contributed by atoms with E-state index in [1.165, 1.54) is 39.6 Å². The van der Waals surface area contributed by atoms with Gasteiger partial charge in [0.25, 0.3) is 0 Å². The van der Waals surface area contributed by atoms with E-state index in [2.05, 4.69) is 90.2 Å². The van der Waals surface area contributed by atoms with E-state index in [0.717, 1.165) is 48.5 Å². The van der Waals surface area contributed by atoms with Crippen LogP contribution in [0.2, 0.25) is 0 Å². The average molecular weight is 663 g/mol. The van der Waals surface area contributed by atoms with Crippen molar-refractivity contribution in [3.8, 4) is 22.3 Å². The smallest absolute Gasteiger partial charge is 0.384 e. The van der Waals surface area contributed by atoms with Crippen LogP contribution in [-0.4, -0.2) is 39.2 Å². The van der Waals surface area contributed by atoms with Gasteiger partial charge in [0.1, 0.15) is 0 Å². The van der Waals surface area contributed by atoms with Crippen LogP contribution >= 0.6 is 12.4 Å². The molecule has 0 bridgehead atoms. The van der Waals surface area contributed by atoms with Crippen LogP contribution in [0, 0.1) is 0 Å². The molecule has 0 radical (unpaired) electrons. The second-order valence-corrected chi connectivity index (χ2v) is 14.4. The number of likely N-dealkylation sites (tertiary alicyclic amines) is 1. The van der Waals surface area contributed by atoms with Crippen molar-refractivity contribution in [2.45, 2.75) is 35.9 Å². The fraction of sp³-hybridized carbons (Fsp3) is 0.243. The van der Waals surface area contributed by atoms with Gasteiger partial charge in [-0.2, -0.15) is 13.2 Å². The van der Waals surface area contributed by atoms with Crippen molar-refractivity contribution in [1.82, 2.24) is 4.90 Å². The van der Waals surface area contributed by atoms with Gasteiger partial charge in [-0.1, -0.05) is 78.9 Å². The lowest BCUT2D eigenvalue weighted by molar-refractivity contribution is -0.138. The third kappa shape index (κ3) is 6.01. The highest BCUT2D eigenvalue weighted by atomic mass is 35.5. The number of nitrogens with zero attached hydrogens (tertiary/aromatic N) is 1. The fourth-order valence-electron chi connectivity index (χ4n) is 7.01. The summed E-state index contributed by atoms with van der Waals surface area (Å²) in [5.41, 5.74) is 6.18. The number of anilines is 1. The van der Waals surface area contributed by atoms with Crippen LogP contribution in [-0.2, 0) is 28.0 Å². The quantitative estimate of drug-likeness (QED) is 0.204. The molecule has 7 rings (SSSR count). The lowest BCUT2D eigenvalue weighted by Gasteiger charge is -2.39. The van der Waals surface area contributed by atoms with Crippen LogP contribution in [0.1, 0.15) is 29.5 Å². The topological polar surface area (TPSA) is 49.4 Å². The first-order valence-corrected chi connectivity index (χ1v) is 17.0. The number of benzene rings is 5. The van der Waals surface area contributed by atoms with Gasteiger partial charge in [0, 0.05) is 30.4 Å². The molecule has 1 saturated heterocycles. The second kappa shape index (κ2) is 12.1. The summed E-state index contributed by atoms with van der Waals surface area (Å²) >= 11 is 0. The van der Waals surface area contributed by atoms with E-state index in [4.69, 9.17) is 0 Å². The van der Waals surface area contributed by atoms with Crippen LogP contribution in [0.3, 0.4) is 0 Å². The number of rotatable bonds is 5. The highest BCUT2D eigenvalue weighted by Gasteiger charge is 2.42. The molecule has 46 heavy (non-hydrogen) atoms. The Kier molecular flexibility index (Phi) is 8.42. The van der Waals surface area contributed by atoms with E-state index in [1.807, 2.05) is 4.90 Å². The predicted octanol–water partition coefficient (Wildman–Crippen LogP) is 8.98. The van der Waals surface area contributed by atoms with E-state index in [-0.39, 0.29) is 34.8 Å². The molecule has 4 nitrogen and oxygen atoms in total. The first-order chi connectivity index (χ1) is 21.5. The van der Waals surface area contributed by atoms with Gasteiger partial charge in [-0.25, -0.2) is 8.42 Å². The SMILES string of the molecule is CS(=O)(=O)c1ccc(CN2CCC3(CC2)CNc2ccc(-c4ccc(-c5cccc6ccccc56)cc4)cc23)c(C(F)(F)F)c1.Cl. The summed E-state index contributed by atoms with van der Waals surface area (Å²) in [7, 11) is -3.75. The highest BCUT2D eigenvalue weighted by Crippen LogP contribution is 2.46. The first kappa shape index (κ1) is 32.1. The summed E-state index contributed by atoms with van der Waals surface area (Å²) in [4.78, 5) is 1.73. The maximum Gasteiger partial charge on any atom is 0.416 e. The van der Waals surface area contributed by atoms with E-state index < -0.39 is 21.6 Å². The number of nitrogens with one attached hydrogen (secondary N) is 1. The minimum atomic E-state index is -4.63. The first-order valence-electron chi connectivity index (χ1n) is 15.1. The third-order valence-electron chi connectivity index (χ3n) is 9.55. The van der Waals surface area contributed by atoms with Crippen molar-refractivity contribution in [3.63, 3.8) is 0 Å². The summed E-state index contributed by atoms with van der Waals surface area (Å²) in [5.74, 6) is 0. The molecule has 0 aliphatic carbocycles. The molecule has 2 aliphatic heterocycles. The van der Waals surface area contributed by atoms with Crippen molar-refractivity contribution in [2.75, 3.05) is 31.2 Å². The van der Waals surface area contributed by atoms with Gasteiger partial charge in [-0.3, -0.25) is 4.90 Å². The molecule has 1 spiro atoms. The van der Waals surface area contributed by atoms with E-state index in [9.17, 15) is 21.6 Å². The molecule has 1 fully saturated rings. The number of hydrogen-bond acceptors (Lipinski definition) is 4. The third-order valence-corrected chi connectivity index (χ3v) is 10.7. The largest absolute Gasteiger partial charge is 0.416 e. The Morgan fingerprint density at radius 2 is 1.48 bits per heavy atom. The van der Waals surface area contributed by atoms with Crippen LogP contribution in [0.15, 0.2) is 108 Å². The number of sulfone groups is 1. The van der Waals surface area contributed by atoms with Crippen molar-refractivity contribution < 1.29 is 21.6 Å². The second-order valence-electron chi connectivity index (χ2n) is 12.4. The van der Waals surface area contributed by atoms with Crippen LogP contribution in [0.25, 0.3) is 33.0 Å². The molecule has 238 valence electrons. The Hall–Kier alpha value is -3.85. The predicted molar refractivity (Wildman–Crippen MR) is 181 cm³/mol. The number of hydrogen-bond donors (Lipinski definition) is 1. The number of alkyl halides is 3. The molecule has 1 N–H and O–H groups in total. The summed E-state index contributed by atoms with van der Waals surface area (Å²) < 4.78 is 65.5. The monoisotopic (exact) mass is 662 g/mol. The Labute approximate surface area is 273 Å². The minimum Gasteiger partial charge on any atom is -0.384 e. The van der Waals surface area contributed by atoms with E-state index in [0.29, 0.717) is 13.1 Å². The van der Waals surface area contributed by atoms with Crippen molar-refractivity contribution in [1.29, 1.82) is 0 Å². The number of piperidine rings is 1. The zero-order valence-corrected chi connectivity index (χ0v) is 26.9. The average Bonchev–Trinajstić information content (AvgIpc) is 3.38. The summed E-state index contributed by atoms with van der Waals surface area (Å²) in [6.07, 6.45) is -2.07. The Balaban J connectivity index is 0.00000372. The van der Waals surface area contributed by atoms with Crippen LogP contribution in [0.5, 0.6) is 0 Å². The van der Waals surface area contributed by atoms with Crippen LogP contribution < -0.4 is 5.32 Å². The molecule has 2 heterocycles. The van der Waals surface area contributed by atoms with Crippen molar-refractivity contribution >= 4 is 38.7 Å². The maximum atomic E-state index is 13.9. The molecular weight excluding hydrogens is 629 g/mol. The summed E-state index contributed by atoms with van der Waals surface area (Å²) in [6, 6.07) is 33.4. The van der Waals surface area contributed by atoms with Gasteiger partial charge in [-0.15, -0.1) is 12.4 Å². The highest BCUT2D eigenvalue weighted by molar-refractivity contribution is 7.90.